The van der Waals surface area contributed by atoms with E-state index in [1.54, 1.807) is 0 Å². The largest absolute Gasteiger partial charge is 0.456 e. The second kappa shape index (κ2) is 31.7. The molecule has 0 spiro atoms. The van der Waals surface area contributed by atoms with Crippen LogP contribution in [-0.2, 0) is 10.8 Å². The predicted octanol–water partition coefficient (Wildman–Crippen LogP) is 33.1. The molecule has 0 atom stereocenters. The number of rotatable bonds is 13. The van der Waals surface area contributed by atoms with Gasteiger partial charge in [0.25, 0.3) is 0 Å². The molecule has 20 aromatic carbocycles. The van der Waals surface area contributed by atoms with Crippen molar-refractivity contribution in [3.63, 3.8) is 0 Å². The van der Waals surface area contributed by atoms with Gasteiger partial charge in [-0.25, -0.2) is 0 Å². The van der Waals surface area contributed by atoms with Crippen LogP contribution >= 0.6 is 15.9 Å². The molecule has 1 N–H and O–H groups in total. The topological polar surface area (TPSA) is 51.4 Å². The van der Waals surface area contributed by atoms with Crippen molar-refractivity contribution in [1.29, 1.82) is 0 Å². The fraction of sp³-hybridized carbons (Fsp3) is 0.0164. The number of nitrogens with one attached hydrogen (secondary N) is 1. The zero-order valence-electron chi connectivity index (χ0n) is 70.2. The van der Waals surface area contributed by atoms with E-state index < -0.39 is 10.8 Å². The fourth-order valence-electron chi connectivity index (χ4n) is 21.0. The lowest BCUT2D eigenvalue weighted by atomic mass is 9.67. The highest BCUT2D eigenvalue weighted by Crippen LogP contribution is 2.60. The lowest BCUT2D eigenvalue weighted by molar-refractivity contribution is 0.668. The fourth-order valence-corrected chi connectivity index (χ4v) is 21.2. The van der Waals surface area contributed by atoms with Gasteiger partial charge < -0.3 is 28.2 Å². The Morgan fingerprint density at radius 1 is 0.240 bits per heavy atom. The van der Waals surface area contributed by atoms with E-state index in [1.165, 1.54) is 133 Å². The Morgan fingerprint density at radius 2 is 0.605 bits per heavy atom. The molecule has 0 saturated heterocycles. The minimum atomic E-state index is -0.531. The Kier molecular flexibility index (Phi) is 18.8. The maximum Gasteiger partial charge on any atom is 0.137 e. The summed E-state index contributed by atoms with van der Waals surface area (Å²) >= 11 is 3.52. The smallest absolute Gasteiger partial charge is 0.137 e. The second-order valence-electron chi connectivity index (χ2n) is 33.4. The first-order valence-electron chi connectivity index (χ1n) is 44.0. The molecule has 0 amide bonds. The standard InChI is InChI=1S/C61H40N2O.C37H25NO.C24H16BrN/c1-4-17-43(18-5-1)61(44-19-6-2-7-20-44)53-26-13-10-23-48(53)49-37-36-47(40-54(49)61)62(57-28-16-30-59-60(57)51-25-12-15-29-58(51)64-59)46-34-31-41(32-35-46)42-33-38-56-52(39-42)50-24-11-14-27-55(50)63(56)45-21-8-3-9-22-45;1-3-12-25(13-4-1)37(26-14-5-2-6-15-26)31-18-9-7-16-28(31)29-23-22-27(24-32(29)37)38-33-19-11-21-35-36(33)30-17-8-10-20-34(30)39-35;25-19-13-10-17(11-14-19)18-12-15-24-22(16-18)21-8-4-5-9-23(21)26(24)20-6-2-1-3-7-20/h1-40H;1-24,38H;1-16H. The molecule has 0 fully saturated rings. The molecule has 24 aromatic rings. The third-order valence-electron chi connectivity index (χ3n) is 26.5. The molecule has 0 radical (unpaired) electrons. The van der Waals surface area contributed by atoms with E-state index in [1.807, 2.05) is 24.3 Å². The maximum absolute atomic E-state index is 6.52. The first-order chi connectivity index (χ1) is 63.9. The average Bonchev–Trinajstić information content (AvgIpc) is 1.55. The number of hydrogen-bond acceptors (Lipinski definition) is 4. The van der Waals surface area contributed by atoms with Crippen LogP contribution in [0.5, 0.6) is 0 Å². The number of furan rings is 2. The van der Waals surface area contributed by atoms with E-state index in [9.17, 15) is 0 Å². The number of para-hydroxylation sites is 6. The summed E-state index contributed by atoms with van der Waals surface area (Å²) in [4.78, 5) is 2.43. The molecular weight excluding hydrogens is 1630 g/mol. The molecule has 4 aromatic heterocycles. The highest BCUT2D eigenvalue weighted by atomic mass is 79.9. The maximum atomic E-state index is 6.52. The molecule has 6 nitrogen and oxygen atoms in total. The van der Waals surface area contributed by atoms with Gasteiger partial charge >= 0.3 is 0 Å². The van der Waals surface area contributed by atoms with Gasteiger partial charge in [0.05, 0.1) is 55.0 Å². The van der Waals surface area contributed by atoms with Crippen LogP contribution in [0.25, 0.3) is 143 Å². The van der Waals surface area contributed by atoms with Crippen LogP contribution in [0, 0.1) is 0 Å². The highest BCUT2D eigenvalue weighted by Gasteiger charge is 2.48. The molecule has 129 heavy (non-hydrogen) atoms. The summed E-state index contributed by atoms with van der Waals surface area (Å²) in [5.74, 6) is 0. The van der Waals surface area contributed by atoms with Gasteiger partial charge in [-0.3, -0.25) is 0 Å². The monoisotopic (exact) mass is 1710 g/mol. The number of nitrogens with zero attached hydrogens (tertiary/aromatic N) is 3. The summed E-state index contributed by atoms with van der Waals surface area (Å²) in [5, 5.41) is 13.2. The summed E-state index contributed by atoms with van der Waals surface area (Å²) < 4.78 is 18.5. The molecule has 7 heteroatoms. The summed E-state index contributed by atoms with van der Waals surface area (Å²) in [7, 11) is 0. The summed E-state index contributed by atoms with van der Waals surface area (Å²) in [6, 6.07) is 175. The van der Waals surface area contributed by atoms with Gasteiger partial charge in [-0.2, -0.15) is 0 Å². The first-order valence-corrected chi connectivity index (χ1v) is 44.8. The molecule has 0 unspecified atom stereocenters. The number of benzene rings is 20. The van der Waals surface area contributed by atoms with Crippen molar-refractivity contribution in [3.05, 3.63) is 534 Å². The lowest BCUT2D eigenvalue weighted by Crippen LogP contribution is -2.28. The van der Waals surface area contributed by atoms with Crippen molar-refractivity contribution in [2.75, 3.05) is 10.2 Å². The van der Waals surface area contributed by atoms with E-state index >= 15 is 0 Å². The van der Waals surface area contributed by atoms with Gasteiger partial charge in [0.1, 0.15) is 22.3 Å². The summed E-state index contributed by atoms with van der Waals surface area (Å²) in [6.45, 7) is 0. The van der Waals surface area contributed by atoms with Gasteiger partial charge in [-0.1, -0.05) is 356 Å². The lowest BCUT2D eigenvalue weighted by Gasteiger charge is -2.35. The van der Waals surface area contributed by atoms with Crippen molar-refractivity contribution in [2.24, 2.45) is 0 Å². The second-order valence-corrected chi connectivity index (χ2v) is 34.3. The Labute approximate surface area is 755 Å². The summed E-state index contributed by atoms with van der Waals surface area (Å²) in [6.07, 6.45) is 0. The van der Waals surface area contributed by atoms with Crippen LogP contribution in [0.1, 0.15) is 44.5 Å². The van der Waals surface area contributed by atoms with Crippen LogP contribution in [-0.4, -0.2) is 9.13 Å². The van der Waals surface area contributed by atoms with E-state index in [-0.39, 0.29) is 0 Å². The molecule has 26 rings (SSSR count). The van der Waals surface area contributed by atoms with Crippen molar-refractivity contribution in [3.8, 4) is 55.9 Å². The van der Waals surface area contributed by atoms with Gasteiger partial charge in [0, 0.05) is 65.2 Å². The number of anilines is 5. The van der Waals surface area contributed by atoms with Gasteiger partial charge in [0.2, 0.25) is 0 Å². The molecule has 2 aliphatic carbocycles. The first kappa shape index (κ1) is 76.3. The van der Waals surface area contributed by atoms with E-state index in [0.29, 0.717) is 0 Å². The third kappa shape index (κ3) is 12.7. The van der Waals surface area contributed by atoms with Crippen molar-refractivity contribution in [2.45, 2.75) is 10.8 Å². The molecular formula is C122H81BrN4O2. The minimum Gasteiger partial charge on any atom is -0.456 e. The number of hydrogen-bond donors (Lipinski definition) is 1. The Bertz CT molecular complexity index is 8310. The average molecular weight is 1710 g/mol. The van der Waals surface area contributed by atoms with Crippen molar-refractivity contribution < 1.29 is 8.83 Å². The zero-order chi connectivity index (χ0) is 85.5. The number of fused-ring (bicyclic) bond motifs is 18. The molecule has 0 aliphatic heterocycles. The van der Waals surface area contributed by atoms with Crippen LogP contribution in [0.4, 0.5) is 28.4 Å². The number of aromatic nitrogens is 2. The van der Waals surface area contributed by atoms with Crippen LogP contribution in [0.15, 0.2) is 499 Å². The number of halogens is 1. The van der Waals surface area contributed by atoms with Gasteiger partial charge in [0.15, 0.2) is 0 Å². The van der Waals surface area contributed by atoms with E-state index in [2.05, 4.69) is 496 Å². The SMILES string of the molecule is Brc1ccc(-c2ccc3c(c2)c2ccccc2n3-c2ccccc2)cc1.c1ccc(-n2c3ccccc3c3cc(-c4ccc(N(c5ccc6c(c5)C(c5ccccc5)(c5ccccc5)c5ccccc5-6)c5cccc6oc7ccccc7c56)cc4)ccc32)cc1.c1ccc(C2(c3ccccc3)c3ccccc3-c3ccc(Nc4cccc5oc6ccccc6c45)cc32)cc1. The van der Waals surface area contributed by atoms with Crippen molar-refractivity contribution in [1.82, 2.24) is 9.13 Å². The quantitative estimate of drug-likeness (QED) is 0.125. The predicted molar refractivity (Wildman–Crippen MR) is 540 cm³/mol. The van der Waals surface area contributed by atoms with Gasteiger partial charge in [-0.15, -0.1) is 0 Å². The zero-order valence-corrected chi connectivity index (χ0v) is 71.8. The molecule has 0 saturated carbocycles. The Balaban J connectivity index is 0.000000120. The van der Waals surface area contributed by atoms with Crippen molar-refractivity contribution >= 4 is 132 Å². The highest BCUT2D eigenvalue weighted by molar-refractivity contribution is 9.10. The summed E-state index contributed by atoms with van der Waals surface area (Å²) in [5.41, 5.74) is 35.1. The molecule has 4 heterocycles. The molecule has 608 valence electrons. The van der Waals surface area contributed by atoms with Crippen LogP contribution in [0.3, 0.4) is 0 Å². The minimum absolute atomic E-state index is 0.416. The Hall–Kier alpha value is -16.3. The Morgan fingerprint density at radius 3 is 1.11 bits per heavy atom. The third-order valence-corrected chi connectivity index (χ3v) is 27.0. The van der Waals surface area contributed by atoms with Crippen LogP contribution < -0.4 is 10.2 Å². The molecule has 0 bridgehead atoms. The normalized spacial score (nSPS) is 12.7. The van der Waals surface area contributed by atoms with E-state index in [4.69, 9.17) is 8.83 Å². The van der Waals surface area contributed by atoms with E-state index in [0.717, 1.165) is 88.0 Å². The van der Waals surface area contributed by atoms with Crippen LogP contribution in [0.2, 0.25) is 0 Å². The molecule has 2 aliphatic rings. The van der Waals surface area contributed by atoms with Gasteiger partial charge in [-0.05, 0) is 235 Å².